The van der Waals surface area contributed by atoms with Crippen LogP contribution in [0.15, 0.2) is 0 Å². The third-order valence-corrected chi connectivity index (χ3v) is 6.87. The minimum absolute atomic E-state index is 0. The fraction of sp³-hybridized carbons (Fsp3) is 1.00. The number of rotatable bonds is 12. The summed E-state index contributed by atoms with van der Waals surface area (Å²) in [7, 11) is 4.93. The molecule has 4 heteroatoms. The van der Waals surface area contributed by atoms with Gasteiger partial charge >= 0.3 is 24.4 Å². The van der Waals surface area contributed by atoms with Crippen LogP contribution in [-0.2, 0) is 0 Å². The van der Waals surface area contributed by atoms with Crippen LogP contribution in [0.4, 0.5) is 0 Å². The van der Waals surface area contributed by atoms with E-state index < -0.39 is 0 Å². The van der Waals surface area contributed by atoms with E-state index in [-0.39, 0.29) is 24.4 Å². The molecule has 22 heavy (non-hydrogen) atoms. The number of hydrogen-bond acceptors (Lipinski definition) is 0. The first kappa shape index (κ1) is 31.8. The van der Waals surface area contributed by atoms with E-state index in [1.54, 1.807) is 25.7 Å². The summed E-state index contributed by atoms with van der Waals surface area (Å²) in [5.41, 5.74) is 0. The molecule has 0 heterocycles. The zero-order valence-electron chi connectivity index (χ0n) is 16.3. The van der Waals surface area contributed by atoms with Gasteiger partial charge in [-0.15, -0.1) is 0 Å². The second-order valence-corrected chi connectivity index (χ2v) is 9.04. The van der Waals surface area contributed by atoms with Crippen molar-refractivity contribution >= 4 is 50.2 Å². The second kappa shape index (κ2) is 38.6. The molecule has 0 atom stereocenters. The Morgan fingerprint density at radius 2 is 0.500 bits per heavy atom. The zero-order chi connectivity index (χ0) is 16.6. The van der Waals surface area contributed by atoms with E-state index in [2.05, 4.69) is 41.5 Å². The maximum atomic E-state index is 2.24. The molecule has 0 aromatic carbocycles. The van der Waals surface area contributed by atoms with Crippen molar-refractivity contribution in [2.24, 2.45) is 0 Å². The van der Waals surface area contributed by atoms with Crippen molar-refractivity contribution in [1.29, 1.82) is 0 Å². The summed E-state index contributed by atoms with van der Waals surface area (Å²) in [5, 5.41) is 0. The van der Waals surface area contributed by atoms with Gasteiger partial charge < -0.3 is 25.7 Å². The molecular weight excluding hydrogens is 431 g/mol. The van der Waals surface area contributed by atoms with Crippen molar-refractivity contribution < 1.29 is 0 Å². The average molecular weight is 473 g/mol. The van der Waals surface area contributed by atoms with Gasteiger partial charge in [-0.05, 0) is 0 Å². The maximum Gasteiger partial charge on any atom is 3.00 e. The SMILES string of the molecule is CCC[P-]CCC.CCC[P-]CCC.CCC[P-]CCC.[Sb+3]. The molecule has 0 aromatic heterocycles. The van der Waals surface area contributed by atoms with Crippen LogP contribution in [0.5, 0.6) is 0 Å². The van der Waals surface area contributed by atoms with Crippen molar-refractivity contribution in [3.05, 3.63) is 0 Å². The first-order valence-corrected chi connectivity index (χ1v) is 12.9. The maximum absolute atomic E-state index is 2.24. The van der Waals surface area contributed by atoms with Gasteiger partial charge in [0.2, 0.25) is 0 Å². The fourth-order valence-electron chi connectivity index (χ4n) is 1.28. The Morgan fingerprint density at radius 3 is 0.591 bits per heavy atom. The normalized spacial score (nSPS) is 9.00. The van der Waals surface area contributed by atoms with Gasteiger partial charge in [0.15, 0.2) is 0 Å². The first-order chi connectivity index (χ1) is 10.2. The van der Waals surface area contributed by atoms with E-state index in [1.807, 2.05) is 0 Å². The molecule has 0 saturated heterocycles. The fourth-order valence-corrected chi connectivity index (χ4v) is 3.85. The zero-order valence-corrected chi connectivity index (χ0v) is 21.5. The van der Waals surface area contributed by atoms with Gasteiger partial charge in [0.1, 0.15) is 0 Å². The molecule has 0 aliphatic rings. The monoisotopic (exact) mass is 472 g/mol. The standard InChI is InChI=1S/3C6H14P.Sb/c3*1-3-5-7-6-4-2;/h3*3-6H2,1-2H3;/q3*-1;+3. The predicted molar refractivity (Wildman–Crippen MR) is 117 cm³/mol. The van der Waals surface area contributed by atoms with Crippen LogP contribution < -0.4 is 0 Å². The molecule has 0 N–H and O–H groups in total. The molecule has 0 saturated carbocycles. The van der Waals surface area contributed by atoms with Crippen LogP contribution in [-0.4, -0.2) is 61.4 Å². The molecule has 2 radical (unpaired) electrons. The van der Waals surface area contributed by atoms with E-state index >= 15 is 0 Å². The van der Waals surface area contributed by atoms with Crippen molar-refractivity contribution in [3.63, 3.8) is 0 Å². The molecular formula is C18H42P3Sb. The first-order valence-electron chi connectivity index (χ1n) is 9.14. The van der Waals surface area contributed by atoms with Crippen molar-refractivity contribution in [2.75, 3.05) is 37.0 Å². The van der Waals surface area contributed by atoms with Gasteiger partial charge in [-0.3, -0.25) is 0 Å². The largest absolute Gasteiger partial charge is 3.00 e. The van der Waals surface area contributed by atoms with Crippen molar-refractivity contribution in [1.82, 2.24) is 0 Å². The van der Waals surface area contributed by atoms with Crippen molar-refractivity contribution in [3.8, 4) is 0 Å². The molecule has 0 spiro atoms. The summed E-state index contributed by atoms with van der Waals surface area (Å²) in [6, 6.07) is 0. The summed E-state index contributed by atoms with van der Waals surface area (Å²) in [4.78, 5) is 0. The Balaban J connectivity index is -0.000000108. The molecule has 0 unspecified atom stereocenters. The third-order valence-electron chi connectivity index (χ3n) is 2.29. The minimum Gasteiger partial charge on any atom is -0.540 e. The van der Waals surface area contributed by atoms with Crippen LogP contribution in [0.3, 0.4) is 0 Å². The van der Waals surface area contributed by atoms with Gasteiger partial charge in [0, 0.05) is 0 Å². The summed E-state index contributed by atoms with van der Waals surface area (Å²) in [6.07, 6.45) is 16.5. The molecule has 0 bridgehead atoms. The predicted octanol–water partition coefficient (Wildman–Crippen LogP) is 7.88. The van der Waals surface area contributed by atoms with Crippen LogP contribution >= 0.6 is 25.7 Å². The number of hydrogen-bond donors (Lipinski definition) is 0. The Morgan fingerprint density at radius 1 is 0.364 bits per heavy atom. The van der Waals surface area contributed by atoms with Gasteiger partial charge in [-0.2, -0.15) is 37.0 Å². The molecule has 134 valence electrons. The summed E-state index contributed by atoms with van der Waals surface area (Å²) in [5.74, 6) is 0. The Hall–Kier alpha value is 2.11. The van der Waals surface area contributed by atoms with E-state index in [9.17, 15) is 0 Å². The Bertz CT molecular complexity index is 99.7. The molecule has 0 aliphatic carbocycles. The summed E-state index contributed by atoms with van der Waals surface area (Å²) < 4.78 is 0. The minimum atomic E-state index is 0. The van der Waals surface area contributed by atoms with E-state index in [0.717, 1.165) is 0 Å². The van der Waals surface area contributed by atoms with Gasteiger partial charge in [0.25, 0.3) is 0 Å². The van der Waals surface area contributed by atoms with Crippen LogP contribution in [0.1, 0.15) is 80.1 Å². The van der Waals surface area contributed by atoms with Crippen LogP contribution in [0.2, 0.25) is 0 Å². The molecule has 0 rings (SSSR count). The Labute approximate surface area is 166 Å². The molecule has 0 aromatic rings. The molecule has 0 fully saturated rings. The molecule has 0 amide bonds. The quantitative estimate of drug-likeness (QED) is 0.154. The Kier molecular flexibility index (Phi) is 55.8. The van der Waals surface area contributed by atoms with E-state index in [4.69, 9.17) is 0 Å². The van der Waals surface area contributed by atoms with E-state index in [0.29, 0.717) is 0 Å². The molecule has 0 aliphatic heterocycles. The summed E-state index contributed by atoms with van der Waals surface area (Å²) >= 11 is 0. The van der Waals surface area contributed by atoms with Crippen molar-refractivity contribution in [2.45, 2.75) is 80.1 Å². The average Bonchev–Trinajstić information content (AvgIpc) is 2.50. The topological polar surface area (TPSA) is 0 Å². The van der Waals surface area contributed by atoms with Gasteiger partial charge in [-0.1, -0.05) is 80.1 Å². The van der Waals surface area contributed by atoms with Crippen LogP contribution in [0, 0.1) is 0 Å². The molecule has 0 nitrogen and oxygen atoms in total. The van der Waals surface area contributed by atoms with Gasteiger partial charge in [-0.25, -0.2) is 0 Å². The van der Waals surface area contributed by atoms with E-state index in [1.165, 1.54) is 75.5 Å². The third kappa shape index (κ3) is 49.5. The summed E-state index contributed by atoms with van der Waals surface area (Å²) in [6.45, 7) is 13.4. The second-order valence-electron chi connectivity index (χ2n) is 5.01. The smallest absolute Gasteiger partial charge is 0.540 e. The van der Waals surface area contributed by atoms with Crippen LogP contribution in [0.25, 0.3) is 0 Å². The van der Waals surface area contributed by atoms with Gasteiger partial charge in [0.05, 0.1) is 0 Å².